The van der Waals surface area contributed by atoms with Gasteiger partial charge in [-0.25, -0.2) is 9.97 Å². The molecule has 1 aliphatic heterocycles. The molecule has 6 heteroatoms. The number of nitrogens with one attached hydrogen (secondary N) is 1. The lowest BCUT2D eigenvalue weighted by Gasteiger charge is -2.42. The average molecular weight is 311 g/mol. The summed E-state index contributed by atoms with van der Waals surface area (Å²) in [5.41, 5.74) is 0.825. The van der Waals surface area contributed by atoms with Crippen molar-refractivity contribution >= 4 is 22.8 Å². The summed E-state index contributed by atoms with van der Waals surface area (Å²) in [7, 11) is 2.03. The molecule has 0 spiro atoms. The fourth-order valence-corrected chi connectivity index (χ4v) is 3.28. The standard InChI is InChI=1S/C17H21N5O/c1-4-5-15(23)22-9-7-12(2)14(10-22)21(3)17-13-6-8-18-16(13)19-11-20-17/h1,6,8,11-12,14H,5,7,9-10H2,2-3H3,(H,18,19,20)/t12-,14-/m0/s1. The van der Waals surface area contributed by atoms with Crippen LogP contribution in [0.2, 0.25) is 0 Å². The van der Waals surface area contributed by atoms with E-state index in [0.717, 1.165) is 29.8 Å². The molecule has 23 heavy (non-hydrogen) atoms. The van der Waals surface area contributed by atoms with Crippen molar-refractivity contribution < 1.29 is 4.79 Å². The molecule has 6 nitrogen and oxygen atoms in total. The second-order valence-corrected chi connectivity index (χ2v) is 6.10. The van der Waals surface area contributed by atoms with Crippen LogP contribution in [0.5, 0.6) is 0 Å². The van der Waals surface area contributed by atoms with Gasteiger partial charge in [0.2, 0.25) is 5.91 Å². The zero-order valence-corrected chi connectivity index (χ0v) is 13.5. The molecule has 1 N–H and O–H groups in total. The second kappa shape index (κ2) is 6.29. The van der Waals surface area contributed by atoms with E-state index in [2.05, 4.69) is 32.7 Å². The number of likely N-dealkylation sites (tertiary alicyclic amines) is 1. The molecular formula is C17H21N5O. The molecule has 2 aromatic heterocycles. The number of piperidine rings is 1. The molecular weight excluding hydrogens is 290 g/mol. The number of amides is 1. The van der Waals surface area contributed by atoms with Gasteiger partial charge in [0.05, 0.1) is 17.8 Å². The van der Waals surface area contributed by atoms with Gasteiger partial charge in [0.1, 0.15) is 17.8 Å². The van der Waals surface area contributed by atoms with Gasteiger partial charge in [-0.05, 0) is 18.4 Å². The minimum Gasteiger partial charge on any atom is -0.354 e. The van der Waals surface area contributed by atoms with Crippen LogP contribution in [0.1, 0.15) is 19.8 Å². The van der Waals surface area contributed by atoms with Crippen molar-refractivity contribution in [1.82, 2.24) is 19.9 Å². The van der Waals surface area contributed by atoms with Gasteiger partial charge in [0, 0.05) is 26.3 Å². The zero-order chi connectivity index (χ0) is 16.4. The molecule has 0 aliphatic carbocycles. The number of carbonyl (C=O) groups excluding carboxylic acids is 1. The molecule has 1 saturated heterocycles. The van der Waals surface area contributed by atoms with Crippen molar-refractivity contribution in [2.24, 2.45) is 5.92 Å². The number of hydrogen-bond acceptors (Lipinski definition) is 4. The molecule has 3 rings (SSSR count). The van der Waals surface area contributed by atoms with Gasteiger partial charge in [0.15, 0.2) is 0 Å². The zero-order valence-electron chi connectivity index (χ0n) is 13.5. The molecule has 0 radical (unpaired) electrons. The van der Waals surface area contributed by atoms with E-state index in [4.69, 9.17) is 6.42 Å². The van der Waals surface area contributed by atoms with E-state index in [9.17, 15) is 4.79 Å². The highest BCUT2D eigenvalue weighted by molar-refractivity contribution is 5.87. The van der Waals surface area contributed by atoms with Crippen LogP contribution in [0, 0.1) is 18.3 Å². The van der Waals surface area contributed by atoms with Crippen LogP contribution in [0.4, 0.5) is 5.82 Å². The van der Waals surface area contributed by atoms with Crippen molar-refractivity contribution in [3.8, 4) is 12.3 Å². The molecule has 2 aromatic rings. The van der Waals surface area contributed by atoms with Crippen LogP contribution in [0.3, 0.4) is 0 Å². The topological polar surface area (TPSA) is 65.1 Å². The Morgan fingerprint density at radius 1 is 1.57 bits per heavy atom. The van der Waals surface area contributed by atoms with E-state index in [1.54, 1.807) is 6.33 Å². The summed E-state index contributed by atoms with van der Waals surface area (Å²) in [5, 5.41) is 0.995. The third-order valence-electron chi connectivity index (χ3n) is 4.69. The molecule has 0 aromatic carbocycles. The number of likely N-dealkylation sites (N-methyl/N-ethyl adjacent to an activating group) is 1. The summed E-state index contributed by atoms with van der Waals surface area (Å²) >= 11 is 0. The van der Waals surface area contributed by atoms with Gasteiger partial charge < -0.3 is 14.8 Å². The Kier molecular flexibility index (Phi) is 4.20. The first-order valence-corrected chi connectivity index (χ1v) is 7.84. The summed E-state index contributed by atoms with van der Waals surface area (Å²) in [5.74, 6) is 3.84. The van der Waals surface area contributed by atoms with Crippen molar-refractivity contribution in [1.29, 1.82) is 0 Å². The highest BCUT2D eigenvalue weighted by Gasteiger charge is 2.32. The van der Waals surface area contributed by atoms with Crippen LogP contribution in [-0.4, -0.2) is 51.9 Å². The molecule has 1 aliphatic rings. The van der Waals surface area contributed by atoms with Crippen LogP contribution in [-0.2, 0) is 4.79 Å². The van der Waals surface area contributed by atoms with E-state index in [1.165, 1.54) is 0 Å². The lowest BCUT2D eigenvalue weighted by atomic mass is 9.92. The van der Waals surface area contributed by atoms with Gasteiger partial charge in [0.25, 0.3) is 0 Å². The molecule has 0 unspecified atom stereocenters. The number of fused-ring (bicyclic) bond motifs is 1. The van der Waals surface area contributed by atoms with E-state index in [0.29, 0.717) is 12.5 Å². The predicted molar refractivity (Wildman–Crippen MR) is 89.9 cm³/mol. The largest absolute Gasteiger partial charge is 0.354 e. The van der Waals surface area contributed by atoms with E-state index < -0.39 is 0 Å². The summed E-state index contributed by atoms with van der Waals surface area (Å²) in [6, 6.07) is 2.19. The molecule has 1 fully saturated rings. The number of H-pyrrole nitrogens is 1. The van der Waals surface area contributed by atoms with Crippen LogP contribution < -0.4 is 4.90 Å². The van der Waals surface area contributed by atoms with E-state index in [-0.39, 0.29) is 18.4 Å². The minimum absolute atomic E-state index is 0.0345. The normalized spacial score (nSPS) is 21.2. The molecule has 1 amide bonds. The van der Waals surface area contributed by atoms with Gasteiger partial charge in [-0.15, -0.1) is 6.42 Å². The number of anilines is 1. The Balaban J connectivity index is 1.85. The Labute approximate surface area is 135 Å². The Bertz CT molecular complexity index is 747. The average Bonchev–Trinajstić information content (AvgIpc) is 3.03. The first kappa shape index (κ1) is 15.3. The van der Waals surface area contributed by atoms with Gasteiger partial charge in [-0.1, -0.05) is 12.8 Å². The minimum atomic E-state index is 0.0345. The highest BCUT2D eigenvalue weighted by atomic mass is 16.2. The number of nitrogens with zero attached hydrogens (tertiary/aromatic N) is 4. The molecule has 0 saturated carbocycles. The van der Waals surface area contributed by atoms with Gasteiger partial charge in [-0.2, -0.15) is 0 Å². The highest BCUT2D eigenvalue weighted by Crippen LogP contribution is 2.28. The molecule has 3 heterocycles. The van der Waals surface area contributed by atoms with Crippen LogP contribution in [0.25, 0.3) is 11.0 Å². The molecule has 0 bridgehead atoms. The monoisotopic (exact) mass is 311 g/mol. The summed E-state index contributed by atoms with van der Waals surface area (Å²) < 4.78 is 0. The SMILES string of the molecule is C#CCC(=O)N1CC[C@H](C)[C@@H](N(C)c2ncnc3[nH]ccc23)C1. The summed E-state index contributed by atoms with van der Waals surface area (Å²) in [6.07, 6.45) is 9.84. The third kappa shape index (κ3) is 2.87. The maximum absolute atomic E-state index is 12.1. The first-order chi connectivity index (χ1) is 11.1. The Hall–Kier alpha value is -2.55. The van der Waals surface area contributed by atoms with Gasteiger partial charge in [-0.3, -0.25) is 4.79 Å². The second-order valence-electron chi connectivity index (χ2n) is 6.10. The summed E-state index contributed by atoms with van der Waals surface area (Å²) in [4.78, 5) is 27.9. The maximum atomic E-state index is 12.1. The third-order valence-corrected chi connectivity index (χ3v) is 4.69. The number of rotatable bonds is 3. The quantitative estimate of drug-likeness (QED) is 0.876. The van der Waals surface area contributed by atoms with Crippen molar-refractivity contribution in [2.45, 2.75) is 25.8 Å². The number of aromatic amines is 1. The Morgan fingerprint density at radius 3 is 3.17 bits per heavy atom. The van der Waals surface area contributed by atoms with Gasteiger partial charge >= 0.3 is 0 Å². The fourth-order valence-electron chi connectivity index (χ4n) is 3.28. The lowest BCUT2D eigenvalue weighted by molar-refractivity contribution is -0.131. The summed E-state index contributed by atoms with van der Waals surface area (Å²) in [6.45, 7) is 3.67. The Morgan fingerprint density at radius 2 is 2.39 bits per heavy atom. The maximum Gasteiger partial charge on any atom is 0.234 e. The van der Waals surface area contributed by atoms with E-state index >= 15 is 0 Å². The smallest absolute Gasteiger partial charge is 0.234 e. The van der Waals surface area contributed by atoms with Crippen molar-refractivity contribution in [2.75, 3.05) is 25.0 Å². The fraction of sp³-hybridized carbons (Fsp3) is 0.471. The first-order valence-electron chi connectivity index (χ1n) is 7.84. The predicted octanol–water partition coefficient (Wildman–Crippen LogP) is 1.65. The van der Waals surface area contributed by atoms with Crippen LogP contribution >= 0.6 is 0 Å². The van der Waals surface area contributed by atoms with Crippen molar-refractivity contribution in [3.63, 3.8) is 0 Å². The van der Waals surface area contributed by atoms with Crippen molar-refractivity contribution in [3.05, 3.63) is 18.6 Å². The number of carbonyl (C=O) groups is 1. The molecule has 120 valence electrons. The molecule has 2 atom stereocenters. The van der Waals surface area contributed by atoms with E-state index in [1.807, 2.05) is 24.2 Å². The van der Waals surface area contributed by atoms with Crippen LogP contribution in [0.15, 0.2) is 18.6 Å². The lowest BCUT2D eigenvalue weighted by Crippen LogP contribution is -2.52. The number of aromatic nitrogens is 3. The number of hydrogen-bond donors (Lipinski definition) is 1. The number of terminal acetylenes is 1.